The summed E-state index contributed by atoms with van der Waals surface area (Å²) in [5.74, 6) is -0.359. The van der Waals surface area contributed by atoms with Crippen LogP contribution in [-0.2, 0) is 4.79 Å². The molecule has 0 aliphatic heterocycles. The lowest BCUT2D eigenvalue weighted by Crippen LogP contribution is -2.51. The molecule has 0 radical (unpaired) electrons. The van der Waals surface area contributed by atoms with Gasteiger partial charge in [0.05, 0.1) is 0 Å². The second kappa shape index (κ2) is 11.0. The van der Waals surface area contributed by atoms with Gasteiger partial charge in [-0.1, -0.05) is 38.5 Å². The predicted octanol–water partition coefficient (Wildman–Crippen LogP) is 2.29. The predicted molar refractivity (Wildman–Crippen MR) is 101 cm³/mol. The van der Waals surface area contributed by atoms with Crippen LogP contribution in [0.15, 0.2) is 24.3 Å². The number of rotatable bonds is 8. The Bertz CT molecular complexity index is 518. The van der Waals surface area contributed by atoms with Crippen molar-refractivity contribution >= 4 is 24.2 Å². The fourth-order valence-corrected chi connectivity index (χ4v) is 2.25. The number of carbonyl (C=O) groups is 2. The van der Waals surface area contributed by atoms with Crippen molar-refractivity contribution in [2.24, 2.45) is 5.92 Å². The van der Waals surface area contributed by atoms with Crippen LogP contribution in [-0.4, -0.2) is 37.0 Å². The van der Waals surface area contributed by atoms with Gasteiger partial charge in [0.2, 0.25) is 5.91 Å². The zero-order valence-electron chi connectivity index (χ0n) is 15.2. The van der Waals surface area contributed by atoms with E-state index in [9.17, 15) is 9.59 Å². The lowest BCUT2D eigenvalue weighted by atomic mass is 10.0. The first-order valence-electron chi connectivity index (χ1n) is 8.23. The Kier molecular flexibility index (Phi) is 10.3. The fraction of sp³-hybridized carbons (Fsp3) is 0.556. The summed E-state index contributed by atoms with van der Waals surface area (Å²) in [5.41, 5.74) is 1.66. The van der Waals surface area contributed by atoms with Crippen molar-refractivity contribution in [2.45, 2.75) is 46.7 Å². The molecule has 0 fully saturated rings. The number of amides is 2. The number of benzene rings is 1. The molecule has 0 aromatic heterocycles. The lowest BCUT2D eigenvalue weighted by Gasteiger charge is -2.23. The van der Waals surface area contributed by atoms with Gasteiger partial charge in [0, 0.05) is 18.2 Å². The molecule has 0 bridgehead atoms. The summed E-state index contributed by atoms with van der Waals surface area (Å²) >= 11 is 0. The summed E-state index contributed by atoms with van der Waals surface area (Å²) in [6.07, 6.45) is 0. The van der Waals surface area contributed by atoms with E-state index in [-0.39, 0.29) is 36.2 Å². The van der Waals surface area contributed by atoms with Gasteiger partial charge in [-0.3, -0.25) is 9.59 Å². The zero-order chi connectivity index (χ0) is 17.4. The van der Waals surface area contributed by atoms with Crippen LogP contribution in [0.25, 0.3) is 0 Å². The first-order valence-corrected chi connectivity index (χ1v) is 8.23. The van der Waals surface area contributed by atoms with E-state index >= 15 is 0 Å². The van der Waals surface area contributed by atoms with E-state index < -0.39 is 6.04 Å². The Balaban J connectivity index is 0.00000529. The van der Waals surface area contributed by atoms with Crippen LogP contribution < -0.4 is 16.0 Å². The highest BCUT2D eigenvalue weighted by atomic mass is 35.5. The molecule has 3 N–H and O–H groups in total. The van der Waals surface area contributed by atoms with Crippen LogP contribution in [0.4, 0.5) is 0 Å². The Morgan fingerprint density at radius 1 is 1.08 bits per heavy atom. The van der Waals surface area contributed by atoms with Crippen LogP contribution in [0.1, 0.15) is 43.6 Å². The normalized spacial score (nSPS) is 12.9. The van der Waals surface area contributed by atoms with E-state index in [0.717, 1.165) is 12.1 Å². The Labute approximate surface area is 151 Å². The zero-order valence-corrected chi connectivity index (χ0v) is 16.0. The van der Waals surface area contributed by atoms with Crippen molar-refractivity contribution in [2.75, 3.05) is 13.1 Å². The molecular weight excluding hydrogens is 326 g/mol. The molecule has 0 aliphatic carbocycles. The average Bonchev–Trinajstić information content (AvgIpc) is 2.50. The van der Waals surface area contributed by atoms with Crippen LogP contribution >= 0.6 is 12.4 Å². The Hall–Kier alpha value is -1.59. The van der Waals surface area contributed by atoms with Gasteiger partial charge in [-0.05, 0) is 38.4 Å². The number of halogens is 1. The summed E-state index contributed by atoms with van der Waals surface area (Å²) < 4.78 is 0. The van der Waals surface area contributed by atoms with Gasteiger partial charge in [-0.2, -0.15) is 0 Å². The van der Waals surface area contributed by atoms with Gasteiger partial charge in [0.1, 0.15) is 6.04 Å². The highest BCUT2D eigenvalue weighted by Crippen LogP contribution is 2.07. The van der Waals surface area contributed by atoms with Crippen molar-refractivity contribution < 1.29 is 9.59 Å². The highest BCUT2D eigenvalue weighted by Gasteiger charge is 2.24. The van der Waals surface area contributed by atoms with Gasteiger partial charge < -0.3 is 16.0 Å². The molecular formula is C18H30ClN3O2. The minimum Gasteiger partial charge on any atom is -0.353 e. The largest absolute Gasteiger partial charge is 0.353 e. The second-order valence-electron chi connectivity index (χ2n) is 6.27. The summed E-state index contributed by atoms with van der Waals surface area (Å²) in [6, 6.07) is 6.97. The molecule has 136 valence electrons. The molecule has 1 rings (SSSR count). The molecule has 0 saturated carbocycles. The maximum atomic E-state index is 12.4. The number of likely N-dealkylation sites (N-methyl/N-ethyl adjacent to an activating group) is 1. The summed E-state index contributed by atoms with van der Waals surface area (Å²) in [5, 5.41) is 8.97. The van der Waals surface area contributed by atoms with E-state index in [1.165, 1.54) is 0 Å². The van der Waals surface area contributed by atoms with Crippen molar-refractivity contribution in [1.82, 2.24) is 16.0 Å². The lowest BCUT2D eigenvalue weighted by molar-refractivity contribution is -0.124. The molecule has 24 heavy (non-hydrogen) atoms. The van der Waals surface area contributed by atoms with Crippen LogP contribution in [0.3, 0.4) is 0 Å². The van der Waals surface area contributed by atoms with Crippen LogP contribution in [0.5, 0.6) is 0 Å². The number of aryl methyl sites for hydroxylation is 1. The number of carbonyl (C=O) groups excluding carboxylic acids is 2. The third kappa shape index (κ3) is 7.32. The minimum absolute atomic E-state index is 0. The van der Waals surface area contributed by atoms with E-state index in [4.69, 9.17) is 0 Å². The smallest absolute Gasteiger partial charge is 0.251 e. The van der Waals surface area contributed by atoms with Gasteiger partial charge in [-0.15, -0.1) is 12.4 Å². The third-order valence-corrected chi connectivity index (χ3v) is 3.68. The van der Waals surface area contributed by atoms with Crippen LogP contribution in [0, 0.1) is 12.8 Å². The van der Waals surface area contributed by atoms with Gasteiger partial charge in [0.15, 0.2) is 0 Å². The maximum Gasteiger partial charge on any atom is 0.251 e. The third-order valence-electron chi connectivity index (χ3n) is 3.68. The number of hydrogen-bond acceptors (Lipinski definition) is 3. The molecule has 5 nitrogen and oxygen atoms in total. The van der Waals surface area contributed by atoms with Gasteiger partial charge in [0.25, 0.3) is 5.91 Å². The topological polar surface area (TPSA) is 70.2 Å². The molecule has 1 aromatic carbocycles. The molecule has 1 unspecified atom stereocenters. The SMILES string of the molecule is CCN[C@H](C)CNC(=O)C(NC(=O)c1ccc(C)cc1)C(C)C.Cl. The number of nitrogens with one attached hydrogen (secondary N) is 3. The second-order valence-corrected chi connectivity index (χ2v) is 6.27. The van der Waals surface area contributed by atoms with E-state index in [1.807, 2.05) is 46.8 Å². The monoisotopic (exact) mass is 355 g/mol. The minimum atomic E-state index is -0.544. The number of hydrogen-bond donors (Lipinski definition) is 3. The summed E-state index contributed by atoms with van der Waals surface area (Å²) in [6.45, 7) is 11.2. The van der Waals surface area contributed by atoms with Gasteiger partial charge in [-0.25, -0.2) is 0 Å². The molecule has 1 aromatic rings. The molecule has 0 saturated heterocycles. The first kappa shape index (κ1) is 22.4. The molecule has 0 heterocycles. The van der Waals surface area contributed by atoms with E-state index in [0.29, 0.717) is 12.1 Å². The first-order chi connectivity index (χ1) is 10.8. The van der Waals surface area contributed by atoms with Crippen molar-refractivity contribution in [3.63, 3.8) is 0 Å². The summed E-state index contributed by atoms with van der Waals surface area (Å²) in [7, 11) is 0. The van der Waals surface area contributed by atoms with E-state index in [1.54, 1.807) is 12.1 Å². The Morgan fingerprint density at radius 2 is 1.67 bits per heavy atom. The van der Waals surface area contributed by atoms with Crippen molar-refractivity contribution in [1.29, 1.82) is 0 Å². The van der Waals surface area contributed by atoms with Crippen molar-refractivity contribution in [3.05, 3.63) is 35.4 Å². The van der Waals surface area contributed by atoms with Crippen LogP contribution in [0.2, 0.25) is 0 Å². The molecule has 6 heteroatoms. The molecule has 2 amide bonds. The van der Waals surface area contributed by atoms with Gasteiger partial charge >= 0.3 is 0 Å². The van der Waals surface area contributed by atoms with E-state index in [2.05, 4.69) is 16.0 Å². The maximum absolute atomic E-state index is 12.4. The highest BCUT2D eigenvalue weighted by molar-refractivity contribution is 5.97. The molecule has 0 spiro atoms. The quantitative estimate of drug-likeness (QED) is 0.670. The standard InChI is InChI=1S/C18H29N3O2.ClH/c1-6-19-14(5)11-20-18(23)16(12(2)3)21-17(22)15-9-7-13(4)8-10-15;/h7-10,12,14,16,19H,6,11H2,1-5H3,(H,20,23)(H,21,22);1H/t14-,16?;/m1./s1. The fourth-order valence-electron chi connectivity index (χ4n) is 2.25. The average molecular weight is 356 g/mol. The summed E-state index contributed by atoms with van der Waals surface area (Å²) in [4.78, 5) is 24.7. The Morgan fingerprint density at radius 3 is 2.17 bits per heavy atom. The molecule has 0 aliphatic rings. The van der Waals surface area contributed by atoms with Crippen molar-refractivity contribution in [3.8, 4) is 0 Å². The molecule has 2 atom stereocenters.